The van der Waals surface area contributed by atoms with E-state index in [-0.39, 0.29) is 17.6 Å². The molecule has 0 heterocycles. The summed E-state index contributed by atoms with van der Waals surface area (Å²) < 4.78 is 0. The van der Waals surface area contributed by atoms with Crippen molar-refractivity contribution in [2.75, 3.05) is 0 Å². The number of primary amides is 1. The quantitative estimate of drug-likeness (QED) is 0.620. The Morgan fingerprint density at radius 2 is 1.94 bits per heavy atom. The largest absolute Gasteiger partial charge is 0.481 e. The second kappa shape index (κ2) is 3.80. The lowest BCUT2D eigenvalue weighted by molar-refractivity contribution is -0.145. The lowest BCUT2D eigenvalue weighted by atomic mass is 9.77. The average molecular weight is 225 g/mol. The Kier molecular flexibility index (Phi) is 2.84. The van der Waals surface area contributed by atoms with Crippen LogP contribution >= 0.6 is 0 Å². The summed E-state index contributed by atoms with van der Waals surface area (Å²) in [4.78, 5) is 32.8. The van der Waals surface area contributed by atoms with Gasteiger partial charge in [0.05, 0.1) is 11.0 Å². The molecule has 1 aliphatic carbocycles. The first-order valence-electron chi connectivity index (χ1n) is 4.47. The van der Waals surface area contributed by atoms with Gasteiger partial charge in [-0.25, -0.2) is 4.79 Å². The second-order valence-electron chi connectivity index (χ2n) is 3.79. The predicted octanol–water partition coefficient (Wildman–Crippen LogP) is -0.0963. The van der Waals surface area contributed by atoms with E-state index in [1.165, 1.54) is 13.0 Å². The van der Waals surface area contributed by atoms with Crippen LogP contribution in [0.2, 0.25) is 0 Å². The third kappa shape index (κ3) is 1.95. The van der Waals surface area contributed by atoms with E-state index in [2.05, 4.69) is 0 Å². The number of carboxylic acid groups (broad SMARTS) is 2. The van der Waals surface area contributed by atoms with E-state index in [1.807, 2.05) is 0 Å². The molecule has 0 saturated carbocycles. The number of carbonyl (C=O) groups is 3. The van der Waals surface area contributed by atoms with Gasteiger partial charge in [0, 0.05) is 5.57 Å². The van der Waals surface area contributed by atoms with Crippen LogP contribution in [0.25, 0.3) is 0 Å². The van der Waals surface area contributed by atoms with Crippen LogP contribution in [0.5, 0.6) is 0 Å². The maximum Gasteiger partial charge on any atom is 0.332 e. The monoisotopic (exact) mass is 225 g/mol. The number of rotatable bonds is 3. The van der Waals surface area contributed by atoms with Crippen molar-refractivity contribution < 1.29 is 24.6 Å². The summed E-state index contributed by atoms with van der Waals surface area (Å²) in [6, 6.07) is 0. The van der Waals surface area contributed by atoms with Crippen LogP contribution < -0.4 is 5.73 Å². The summed E-state index contributed by atoms with van der Waals surface area (Å²) in [6.07, 6.45) is 2.18. The molecule has 0 spiro atoms. The smallest absolute Gasteiger partial charge is 0.332 e. The Morgan fingerprint density at radius 1 is 1.38 bits per heavy atom. The minimum Gasteiger partial charge on any atom is -0.481 e. The summed E-state index contributed by atoms with van der Waals surface area (Å²) in [7, 11) is 0. The van der Waals surface area contributed by atoms with Crippen molar-refractivity contribution in [3.05, 3.63) is 23.3 Å². The number of carbonyl (C=O) groups excluding carboxylic acids is 1. The van der Waals surface area contributed by atoms with E-state index in [1.54, 1.807) is 0 Å². The number of hydrogen-bond acceptors (Lipinski definition) is 3. The molecule has 0 saturated heterocycles. The average Bonchev–Trinajstić information content (AvgIpc) is 2.16. The molecule has 1 rings (SSSR count). The van der Waals surface area contributed by atoms with Crippen molar-refractivity contribution in [3.63, 3.8) is 0 Å². The minimum atomic E-state index is -1.33. The zero-order chi connectivity index (χ0) is 12.5. The van der Waals surface area contributed by atoms with Crippen LogP contribution in [0.3, 0.4) is 0 Å². The summed E-state index contributed by atoms with van der Waals surface area (Å²) in [5, 5.41) is 17.8. The van der Waals surface area contributed by atoms with Crippen molar-refractivity contribution in [1.82, 2.24) is 0 Å². The molecule has 0 aromatic carbocycles. The predicted molar refractivity (Wildman–Crippen MR) is 53.4 cm³/mol. The molecule has 6 nitrogen and oxygen atoms in total. The van der Waals surface area contributed by atoms with E-state index < -0.39 is 23.3 Å². The van der Waals surface area contributed by atoms with Crippen molar-refractivity contribution >= 4 is 17.8 Å². The molecule has 0 aliphatic heterocycles. The van der Waals surface area contributed by atoms with Crippen molar-refractivity contribution in [2.45, 2.75) is 13.3 Å². The van der Waals surface area contributed by atoms with Crippen LogP contribution in [0.15, 0.2) is 23.3 Å². The second-order valence-corrected chi connectivity index (χ2v) is 3.79. The molecular formula is C10H11NO5. The Labute approximate surface area is 91.1 Å². The Bertz CT molecular complexity index is 434. The van der Waals surface area contributed by atoms with Gasteiger partial charge in [-0.05, 0) is 13.3 Å². The van der Waals surface area contributed by atoms with E-state index in [0.717, 1.165) is 6.08 Å². The summed E-state index contributed by atoms with van der Waals surface area (Å²) in [6.45, 7) is 1.38. The molecule has 0 radical (unpaired) electrons. The zero-order valence-corrected chi connectivity index (χ0v) is 8.56. The number of nitrogens with two attached hydrogens (primary N) is 1. The number of carboxylic acids is 2. The van der Waals surface area contributed by atoms with E-state index in [4.69, 9.17) is 15.9 Å². The fraction of sp³-hybridized carbons (Fsp3) is 0.300. The van der Waals surface area contributed by atoms with Gasteiger partial charge in [-0.2, -0.15) is 0 Å². The molecular weight excluding hydrogens is 214 g/mol. The summed E-state index contributed by atoms with van der Waals surface area (Å²) >= 11 is 0. The van der Waals surface area contributed by atoms with Gasteiger partial charge in [-0.3, -0.25) is 9.59 Å². The first-order valence-corrected chi connectivity index (χ1v) is 4.47. The Hall–Kier alpha value is -2.11. The lowest BCUT2D eigenvalue weighted by Gasteiger charge is -2.25. The van der Waals surface area contributed by atoms with Gasteiger partial charge < -0.3 is 15.9 Å². The molecule has 1 aliphatic rings. The van der Waals surface area contributed by atoms with Gasteiger partial charge in [0.15, 0.2) is 0 Å². The van der Waals surface area contributed by atoms with Gasteiger partial charge in [0.2, 0.25) is 5.91 Å². The topological polar surface area (TPSA) is 118 Å². The van der Waals surface area contributed by atoms with Crippen LogP contribution in [0.1, 0.15) is 13.3 Å². The number of amides is 1. The Morgan fingerprint density at radius 3 is 2.31 bits per heavy atom. The molecule has 1 unspecified atom stereocenters. The highest BCUT2D eigenvalue weighted by Gasteiger charge is 2.37. The molecule has 4 N–H and O–H groups in total. The molecule has 1 atom stereocenters. The van der Waals surface area contributed by atoms with Crippen molar-refractivity contribution in [3.8, 4) is 0 Å². The standard InChI is InChI=1S/C10H11NO5/c1-10(9(15)16)3-2-5(7(11)12)6(4-10)8(13)14/h2-3H,4H2,1H3,(H2,11,12)(H,13,14)(H,15,16). The highest BCUT2D eigenvalue weighted by Crippen LogP contribution is 2.34. The third-order valence-electron chi connectivity index (χ3n) is 2.50. The Balaban J connectivity index is 3.23. The number of hydrogen-bond donors (Lipinski definition) is 3. The molecule has 6 heteroatoms. The maximum absolute atomic E-state index is 11.0. The molecule has 0 aromatic rings. The van der Waals surface area contributed by atoms with Gasteiger partial charge in [0.25, 0.3) is 0 Å². The molecule has 16 heavy (non-hydrogen) atoms. The first-order chi connectivity index (χ1) is 7.28. The van der Waals surface area contributed by atoms with Gasteiger partial charge >= 0.3 is 11.9 Å². The van der Waals surface area contributed by atoms with E-state index in [9.17, 15) is 14.4 Å². The third-order valence-corrected chi connectivity index (χ3v) is 2.50. The highest BCUT2D eigenvalue weighted by atomic mass is 16.4. The van der Waals surface area contributed by atoms with Crippen molar-refractivity contribution in [2.24, 2.45) is 11.1 Å². The SMILES string of the molecule is CC1(C(=O)O)C=CC(C(N)=O)=C(C(=O)O)C1. The summed E-state index contributed by atoms with van der Waals surface area (Å²) in [5.74, 6) is -3.35. The summed E-state index contributed by atoms with van der Waals surface area (Å²) in [5.41, 5.74) is 3.28. The zero-order valence-electron chi connectivity index (χ0n) is 8.56. The lowest BCUT2D eigenvalue weighted by Crippen LogP contribution is -2.32. The normalized spacial score (nSPS) is 24.3. The highest BCUT2D eigenvalue weighted by molar-refractivity contribution is 6.04. The fourth-order valence-electron chi connectivity index (χ4n) is 1.46. The van der Waals surface area contributed by atoms with Crippen LogP contribution in [-0.4, -0.2) is 28.1 Å². The molecule has 1 amide bonds. The molecule has 0 fully saturated rings. The fourth-order valence-corrected chi connectivity index (χ4v) is 1.46. The minimum absolute atomic E-state index is 0.147. The van der Waals surface area contributed by atoms with Gasteiger partial charge in [-0.15, -0.1) is 0 Å². The van der Waals surface area contributed by atoms with E-state index >= 15 is 0 Å². The van der Waals surface area contributed by atoms with Crippen LogP contribution in [0.4, 0.5) is 0 Å². The van der Waals surface area contributed by atoms with Crippen molar-refractivity contribution in [1.29, 1.82) is 0 Å². The van der Waals surface area contributed by atoms with Gasteiger partial charge in [0.1, 0.15) is 0 Å². The maximum atomic E-state index is 11.0. The van der Waals surface area contributed by atoms with Gasteiger partial charge in [-0.1, -0.05) is 12.2 Å². The number of aliphatic carboxylic acids is 2. The molecule has 86 valence electrons. The first kappa shape index (κ1) is 12.0. The van der Waals surface area contributed by atoms with Crippen LogP contribution in [0, 0.1) is 5.41 Å². The molecule has 0 bridgehead atoms. The molecule has 0 aromatic heterocycles. The van der Waals surface area contributed by atoms with Crippen LogP contribution in [-0.2, 0) is 14.4 Å². The van der Waals surface area contributed by atoms with E-state index in [0.29, 0.717) is 0 Å².